The number of carbonyl (C=O) groups is 2. The van der Waals surface area contributed by atoms with Crippen molar-refractivity contribution in [3.8, 4) is 0 Å². The molecule has 7 heteroatoms. The van der Waals surface area contributed by atoms with Crippen LogP contribution in [0.5, 0.6) is 0 Å². The number of amides is 2. The number of hydrazone groups is 1. The van der Waals surface area contributed by atoms with Crippen molar-refractivity contribution in [2.75, 3.05) is 23.3 Å². The quantitative estimate of drug-likeness (QED) is 0.401. The molecule has 0 saturated heterocycles. The van der Waals surface area contributed by atoms with Crippen molar-refractivity contribution in [1.29, 1.82) is 0 Å². The van der Waals surface area contributed by atoms with E-state index in [0.29, 0.717) is 11.3 Å². The molecule has 0 aliphatic carbocycles. The first-order chi connectivity index (χ1) is 15.5. The van der Waals surface area contributed by atoms with Gasteiger partial charge >= 0.3 is 0 Å². The van der Waals surface area contributed by atoms with E-state index in [9.17, 15) is 14.0 Å². The Kier molecular flexibility index (Phi) is 7.70. The molecule has 32 heavy (non-hydrogen) atoms. The number of nitrogens with zero attached hydrogens (tertiary/aromatic N) is 2. The zero-order valence-corrected chi connectivity index (χ0v) is 18.0. The van der Waals surface area contributed by atoms with Crippen LogP contribution >= 0.6 is 0 Å². The lowest BCUT2D eigenvalue weighted by atomic mass is 10.1. The summed E-state index contributed by atoms with van der Waals surface area (Å²) in [5, 5.41) is 6.61. The minimum Gasteiger partial charge on any atom is -0.372 e. The molecule has 0 atom stereocenters. The van der Waals surface area contributed by atoms with Gasteiger partial charge in [0.2, 0.25) is 0 Å². The molecule has 2 amide bonds. The summed E-state index contributed by atoms with van der Waals surface area (Å²) in [6, 6.07) is 19.9. The van der Waals surface area contributed by atoms with Gasteiger partial charge in [-0.25, -0.2) is 9.82 Å². The predicted octanol–water partition coefficient (Wildman–Crippen LogP) is 4.69. The van der Waals surface area contributed by atoms with Crippen molar-refractivity contribution >= 4 is 29.4 Å². The number of rotatable bonds is 8. The molecule has 0 heterocycles. The molecule has 164 valence electrons. The number of hydrogen-bond acceptors (Lipinski definition) is 4. The molecular formula is C25H25FN4O2. The molecule has 0 radical (unpaired) electrons. The Bertz CT molecular complexity index is 1110. The second-order valence-electron chi connectivity index (χ2n) is 6.98. The zero-order chi connectivity index (χ0) is 22.9. The summed E-state index contributed by atoms with van der Waals surface area (Å²) < 4.78 is 13.8. The molecule has 3 aromatic carbocycles. The Morgan fingerprint density at radius 1 is 0.938 bits per heavy atom. The Morgan fingerprint density at radius 2 is 1.66 bits per heavy atom. The van der Waals surface area contributed by atoms with Gasteiger partial charge in [0.05, 0.1) is 11.8 Å². The third-order valence-electron chi connectivity index (χ3n) is 4.90. The van der Waals surface area contributed by atoms with Crippen LogP contribution in [-0.2, 0) is 0 Å². The van der Waals surface area contributed by atoms with Crippen LogP contribution in [0.25, 0.3) is 0 Å². The topological polar surface area (TPSA) is 73.8 Å². The summed E-state index contributed by atoms with van der Waals surface area (Å²) in [5.41, 5.74) is 5.08. The molecule has 3 rings (SSSR count). The van der Waals surface area contributed by atoms with Gasteiger partial charge in [-0.15, -0.1) is 0 Å². The molecule has 2 N–H and O–H groups in total. The minimum absolute atomic E-state index is 0.0704. The number of hydrogen-bond donors (Lipinski definition) is 2. The normalized spacial score (nSPS) is 10.7. The Hall–Kier alpha value is -4.00. The predicted molar refractivity (Wildman–Crippen MR) is 126 cm³/mol. The minimum atomic E-state index is -0.613. The standard InChI is InChI=1S/C25H25FN4O2/c1-3-30(4-2)21-14-12-18(13-15-21)17-27-29-24(31)19-8-7-9-20(16-19)28-25(32)22-10-5-6-11-23(22)26/h5-17H,3-4H2,1-2H3,(H,28,32)(H,29,31). The van der Waals surface area contributed by atoms with Crippen LogP contribution in [0.15, 0.2) is 77.9 Å². The molecule has 0 bridgehead atoms. The van der Waals surface area contributed by atoms with Crippen molar-refractivity contribution in [2.45, 2.75) is 13.8 Å². The van der Waals surface area contributed by atoms with Crippen LogP contribution in [0.4, 0.5) is 15.8 Å². The highest BCUT2D eigenvalue weighted by atomic mass is 19.1. The van der Waals surface area contributed by atoms with E-state index in [-0.39, 0.29) is 5.56 Å². The first kappa shape index (κ1) is 22.7. The largest absolute Gasteiger partial charge is 0.372 e. The van der Waals surface area contributed by atoms with Gasteiger partial charge in [0.25, 0.3) is 11.8 Å². The molecule has 0 saturated carbocycles. The highest BCUT2D eigenvalue weighted by Gasteiger charge is 2.12. The van der Waals surface area contributed by atoms with Crippen LogP contribution in [0.3, 0.4) is 0 Å². The Labute approximate surface area is 186 Å². The van der Waals surface area contributed by atoms with Gasteiger partial charge in [-0.1, -0.05) is 30.3 Å². The number of halogens is 1. The van der Waals surface area contributed by atoms with E-state index in [2.05, 4.69) is 34.6 Å². The number of nitrogens with one attached hydrogen (secondary N) is 2. The van der Waals surface area contributed by atoms with Crippen molar-refractivity contribution in [1.82, 2.24) is 5.43 Å². The van der Waals surface area contributed by atoms with Crippen molar-refractivity contribution < 1.29 is 14.0 Å². The van der Waals surface area contributed by atoms with Crippen molar-refractivity contribution in [3.63, 3.8) is 0 Å². The second-order valence-corrected chi connectivity index (χ2v) is 6.98. The Balaban J connectivity index is 1.61. The second kappa shape index (κ2) is 10.9. The summed E-state index contributed by atoms with van der Waals surface area (Å²) in [6.07, 6.45) is 1.56. The van der Waals surface area contributed by atoms with E-state index in [0.717, 1.165) is 24.3 Å². The maximum atomic E-state index is 13.8. The van der Waals surface area contributed by atoms with Crippen LogP contribution < -0.4 is 15.6 Å². The van der Waals surface area contributed by atoms with Crippen LogP contribution in [0.2, 0.25) is 0 Å². The van der Waals surface area contributed by atoms with Crippen LogP contribution in [-0.4, -0.2) is 31.1 Å². The van der Waals surface area contributed by atoms with Gasteiger partial charge in [0.15, 0.2) is 0 Å². The van der Waals surface area contributed by atoms with Crippen LogP contribution in [0.1, 0.15) is 40.1 Å². The van der Waals surface area contributed by atoms with Crippen molar-refractivity contribution in [2.24, 2.45) is 5.10 Å². The third kappa shape index (κ3) is 5.78. The van der Waals surface area contributed by atoms with Gasteiger partial charge in [-0.05, 0) is 61.9 Å². The third-order valence-corrected chi connectivity index (χ3v) is 4.90. The van der Waals surface area contributed by atoms with E-state index in [1.165, 1.54) is 24.3 Å². The molecule has 0 unspecified atom stereocenters. The van der Waals surface area contributed by atoms with E-state index < -0.39 is 17.6 Å². The summed E-state index contributed by atoms with van der Waals surface area (Å²) in [4.78, 5) is 26.9. The maximum absolute atomic E-state index is 13.8. The molecule has 0 spiro atoms. The number of anilines is 2. The Morgan fingerprint density at radius 3 is 2.34 bits per heavy atom. The van der Waals surface area contributed by atoms with E-state index >= 15 is 0 Å². The van der Waals surface area contributed by atoms with Gasteiger partial charge in [-0.2, -0.15) is 5.10 Å². The summed E-state index contributed by atoms with van der Waals surface area (Å²) >= 11 is 0. The molecule has 0 aliphatic heterocycles. The average molecular weight is 432 g/mol. The lowest BCUT2D eigenvalue weighted by Gasteiger charge is -2.20. The maximum Gasteiger partial charge on any atom is 0.271 e. The summed E-state index contributed by atoms with van der Waals surface area (Å²) in [7, 11) is 0. The van der Waals surface area contributed by atoms with E-state index in [1.54, 1.807) is 30.5 Å². The summed E-state index contributed by atoms with van der Waals surface area (Å²) in [5.74, 6) is -1.63. The SMILES string of the molecule is CCN(CC)c1ccc(C=NNC(=O)c2cccc(NC(=O)c3ccccc3F)c2)cc1. The highest BCUT2D eigenvalue weighted by molar-refractivity contribution is 6.05. The zero-order valence-electron chi connectivity index (χ0n) is 18.0. The highest BCUT2D eigenvalue weighted by Crippen LogP contribution is 2.15. The molecule has 0 aromatic heterocycles. The molecule has 3 aromatic rings. The van der Waals surface area contributed by atoms with Crippen LogP contribution in [0, 0.1) is 5.82 Å². The summed E-state index contributed by atoms with van der Waals surface area (Å²) in [6.45, 7) is 6.07. The number of benzene rings is 3. The van der Waals surface area contributed by atoms with E-state index in [1.807, 2.05) is 24.3 Å². The van der Waals surface area contributed by atoms with E-state index in [4.69, 9.17) is 0 Å². The smallest absolute Gasteiger partial charge is 0.271 e. The van der Waals surface area contributed by atoms with Gasteiger partial charge < -0.3 is 10.2 Å². The molecule has 0 aliphatic rings. The molecular weight excluding hydrogens is 407 g/mol. The first-order valence-corrected chi connectivity index (χ1v) is 10.4. The van der Waals surface area contributed by atoms with Gasteiger partial charge in [-0.3, -0.25) is 9.59 Å². The lowest BCUT2D eigenvalue weighted by Crippen LogP contribution is -2.21. The number of carbonyl (C=O) groups excluding carboxylic acids is 2. The fourth-order valence-electron chi connectivity index (χ4n) is 3.17. The fraction of sp³-hybridized carbons (Fsp3) is 0.160. The average Bonchev–Trinajstić information content (AvgIpc) is 2.81. The molecule has 0 fully saturated rings. The lowest BCUT2D eigenvalue weighted by molar-refractivity contribution is 0.0953. The van der Waals surface area contributed by atoms with Crippen molar-refractivity contribution in [3.05, 3.63) is 95.3 Å². The fourth-order valence-corrected chi connectivity index (χ4v) is 3.17. The van der Waals surface area contributed by atoms with Gasteiger partial charge in [0.1, 0.15) is 5.82 Å². The van der Waals surface area contributed by atoms with Gasteiger partial charge in [0, 0.05) is 30.0 Å². The molecule has 6 nitrogen and oxygen atoms in total. The monoisotopic (exact) mass is 432 g/mol. The first-order valence-electron chi connectivity index (χ1n) is 10.4.